The van der Waals surface area contributed by atoms with Gasteiger partial charge in [-0.3, -0.25) is 9.59 Å². The first-order chi connectivity index (χ1) is 14.7. The zero-order valence-electron chi connectivity index (χ0n) is 17.8. The molecule has 30 heavy (non-hydrogen) atoms. The Bertz CT molecular complexity index is 670. The highest BCUT2D eigenvalue weighted by Crippen LogP contribution is 2.02. The van der Waals surface area contributed by atoms with Crippen molar-refractivity contribution in [2.45, 2.75) is 6.92 Å². The molecule has 0 saturated carbocycles. The molecule has 1 N–H and O–H groups in total. The van der Waals surface area contributed by atoms with Crippen molar-refractivity contribution in [3.05, 3.63) is 35.4 Å². The summed E-state index contributed by atoms with van der Waals surface area (Å²) in [6.45, 7) is 6.94. The topological polar surface area (TPSA) is 83.1 Å². The molecule has 0 unspecified atom stereocenters. The van der Waals surface area contributed by atoms with Crippen LogP contribution in [-0.2, 0) is 18.9 Å². The van der Waals surface area contributed by atoms with Gasteiger partial charge in [-0.2, -0.15) is 0 Å². The van der Waals surface area contributed by atoms with E-state index in [9.17, 15) is 9.59 Å². The maximum absolute atomic E-state index is 11.2. The summed E-state index contributed by atoms with van der Waals surface area (Å²) in [5.41, 5.74) is 1.07. The zero-order chi connectivity index (χ0) is 22.3. The molecule has 1 aromatic rings. The second kappa shape index (κ2) is 21.2. The number of likely N-dealkylation sites (N-methyl/N-ethyl adjacent to an activating group) is 1. The molecule has 0 atom stereocenters. The van der Waals surface area contributed by atoms with Gasteiger partial charge >= 0.3 is 0 Å². The Morgan fingerprint density at radius 2 is 1.50 bits per heavy atom. The number of hydrogen-bond donors (Lipinski definition) is 1. The number of ether oxygens (including phenoxy) is 4. The summed E-state index contributed by atoms with van der Waals surface area (Å²) >= 11 is 0. The van der Waals surface area contributed by atoms with Crippen LogP contribution in [0.15, 0.2) is 24.3 Å². The Kier molecular flexibility index (Phi) is 19.4. The molecule has 0 aliphatic rings. The summed E-state index contributed by atoms with van der Waals surface area (Å²) in [6, 6.07) is 6.38. The van der Waals surface area contributed by atoms with Crippen molar-refractivity contribution in [3.8, 4) is 24.2 Å². The highest BCUT2D eigenvalue weighted by Gasteiger charge is 2.00. The molecular formula is C23H31NO6. The fourth-order valence-corrected chi connectivity index (χ4v) is 1.86. The predicted octanol–water partition coefficient (Wildman–Crippen LogP) is 1.61. The van der Waals surface area contributed by atoms with Gasteiger partial charge < -0.3 is 24.3 Å². The molecule has 0 heterocycles. The Labute approximate surface area is 179 Å². The van der Waals surface area contributed by atoms with Crippen molar-refractivity contribution in [2.75, 3.05) is 66.4 Å². The second-order valence-corrected chi connectivity index (χ2v) is 5.64. The molecule has 0 spiro atoms. The monoisotopic (exact) mass is 417 g/mol. The van der Waals surface area contributed by atoms with E-state index < -0.39 is 0 Å². The lowest BCUT2D eigenvalue weighted by Gasteiger charge is -2.06. The Hall–Kier alpha value is -2.52. The van der Waals surface area contributed by atoms with Crippen molar-refractivity contribution in [1.29, 1.82) is 0 Å². The van der Waals surface area contributed by atoms with E-state index in [0.29, 0.717) is 64.0 Å². The SMILES string of the molecule is C#CCOCCOCCOCCOCCNC.CC#CC(=O)c1ccc(C=O)cc1. The van der Waals surface area contributed by atoms with Crippen LogP contribution in [0, 0.1) is 24.2 Å². The number of Topliss-reactive ketones (excluding diaryl/α,β-unsaturated/α-hetero) is 1. The minimum absolute atomic E-state index is 0.222. The summed E-state index contributed by atoms with van der Waals surface area (Å²) in [5.74, 6) is 7.11. The van der Waals surface area contributed by atoms with Crippen molar-refractivity contribution in [2.24, 2.45) is 0 Å². The lowest BCUT2D eigenvalue weighted by molar-refractivity contribution is 0.00182. The Balaban J connectivity index is 0.000000579. The van der Waals surface area contributed by atoms with E-state index in [1.807, 2.05) is 7.05 Å². The number of carbonyl (C=O) groups is 2. The number of rotatable bonds is 15. The van der Waals surface area contributed by atoms with E-state index in [1.54, 1.807) is 31.2 Å². The van der Waals surface area contributed by atoms with E-state index in [0.717, 1.165) is 12.8 Å². The summed E-state index contributed by atoms with van der Waals surface area (Å²) < 4.78 is 20.9. The lowest BCUT2D eigenvalue weighted by Crippen LogP contribution is -2.17. The molecule has 164 valence electrons. The first-order valence-electron chi connectivity index (χ1n) is 9.61. The van der Waals surface area contributed by atoms with E-state index in [-0.39, 0.29) is 5.78 Å². The fraction of sp³-hybridized carbons (Fsp3) is 0.478. The Morgan fingerprint density at radius 3 is 1.97 bits per heavy atom. The van der Waals surface area contributed by atoms with Gasteiger partial charge in [-0.25, -0.2) is 0 Å². The molecule has 0 aliphatic carbocycles. The first kappa shape index (κ1) is 27.5. The molecule has 7 heteroatoms. The number of aldehydes is 1. The minimum atomic E-state index is -0.222. The number of benzene rings is 1. The summed E-state index contributed by atoms with van der Waals surface area (Å²) in [6.07, 6.45) is 5.75. The quantitative estimate of drug-likeness (QED) is 0.153. The van der Waals surface area contributed by atoms with Crippen LogP contribution in [-0.4, -0.2) is 78.5 Å². The maximum atomic E-state index is 11.2. The van der Waals surface area contributed by atoms with Gasteiger partial charge in [0.25, 0.3) is 0 Å². The molecule has 7 nitrogen and oxygen atoms in total. The number of carbonyl (C=O) groups excluding carboxylic acids is 2. The van der Waals surface area contributed by atoms with Crippen LogP contribution in [0.25, 0.3) is 0 Å². The van der Waals surface area contributed by atoms with Gasteiger partial charge in [-0.05, 0) is 32.0 Å². The molecule has 0 amide bonds. The highest BCUT2D eigenvalue weighted by molar-refractivity contribution is 6.09. The van der Waals surface area contributed by atoms with Crippen LogP contribution >= 0.6 is 0 Å². The molecule has 0 fully saturated rings. The van der Waals surface area contributed by atoms with Gasteiger partial charge in [-0.1, -0.05) is 24.0 Å². The van der Waals surface area contributed by atoms with Crippen molar-refractivity contribution in [3.63, 3.8) is 0 Å². The van der Waals surface area contributed by atoms with Crippen LogP contribution in [0.3, 0.4) is 0 Å². The maximum Gasteiger partial charge on any atom is 0.235 e. The Morgan fingerprint density at radius 1 is 0.967 bits per heavy atom. The third kappa shape index (κ3) is 16.4. The van der Waals surface area contributed by atoms with E-state index in [1.165, 1.54) is 0 Å². The molecule has 0 aliphatic heterocycles. The van der Waals surface area contributed by atoms with E-state index >= 15 is 0 Å². The van der Waals surface area contributed by atoms with Gasteiger partial charge in [0, 0.05) is 17.7 Å². The molecule has 1 rings (SSSR count). The van der Waals surface area contributed by atoms with Crippen LogP contribution in [0.1, 0.15) is 27.6 Å². The molecule has 0 aromatic heterocycles. The molecular weight excluding hydrogens is 386 g/mol. The number of hydrogen-bond acceptors (Lipinski definition) is 7. The summed E-state index contributed by atoms with van der Waals surface area (Å²) in [7, 11) is 1.89. The van der Waals surface area contributed by atoms with Gasteiger partial charge in [0.1, 0.15) is 12.9 Å². The van der Waals surface area contributed by atoms with Gasteiger partial charge in [0.2, 0.25) is 5.78 Å². The van der Waals surface area contributed by atoms with Crippen LogP contribution in [0.5, 0.6) is 0 Å². The van der Waals surface area contributed by atoms with Crippen LogP contribution < -0.4 is 5.32 Å². The standard InChI is InChI=1S/C12H23NO4.C11H8O2/c1-3-5-14-7-9-16-11-12-17-10-8-15-6-4-13-2;1-2-3-11(13)10-6-4-9(8-12)5-7-10/h1,13H,4-12H2,2H3;4-8H,1H3. The van der Waals surface area contributed by atoms with Crippen molar-refractivity contribution in [1.82, 2.24) is 5.32 Å². The third-order valence-electron chi connectivity index (χ3n) is 3.35. The van der Waals surface area contributed by atoms with Gasteiger partial charge in [0.05, 0.1) is 46.2 Å². The largest absolute Gasteiger partial charge is 0.378 e. The molecule has 0 bridgehead atoms. The number of terminal acetylenes is 1. The number of nitrogens with one attached hydrogen (secondary N) is 1. The first-order valence-corrected chi connectivity index (χ1v) is 9.61. The normalized spacial score (nSPS) is 9.50. The predicted molar refractivity (Wildman–Crippen MR) is 116 cm³/mol. The lowest BCUT2D eigenvalue weighted by atomic mass is 10.1. The van der Waals surface area contributed by atoms with E-state index in [4.69, 9.17) is 25.4 Å². The third-order valence-corrected chi connectivity index (χ3v) is 3.35. The van der Waals surface area contributed by atoms with Crippen molar-refractivity contribution < 1.29 is 28.5 Å². The van der Waals surface area contributed by atoms with Crippen molar-refractivity contribution >= 4 is 12.1 Å². The van der Waals surface area contributed by atoms with E-state index in [2.05, 4.69) is 23.1 Å². The molecule has 0 saturated heterocycles. The van der Waals surface area contributed by atoms with Crippen LogP contribution in [0.2, 0.25) is 0 Å². The van der Waals surface area contributed by atoms with Gasteiger partial charge in [0.15, 0.2) is 0 Å². The minimum Gasteiger partial charge on any atom is -0.378 e. The summed E-state index contributed by atoms with van der Waals surface area (Å²) in [4.78, 5) is 21.5. The second-order valence-electron chi connectivity index (χ2n) is 5.64. The smallest absolute Gasteiger partial charge is 0.235 e. The average Bonchev–Trinajstić information content (AvgIpc) is 2.77. The highest BCUT2D eigenvalue weighted by atomic mass is 16.6. The average molecular weight is 418 g/mol. The van der Waals surface area contributed by atoms with Gasteiger partial charge in [-0.15, -0.1) is 6.42 Å². The fourth-order valence-electron chi connectivity index (χ4n) is 1.86. The zero-order valence-corrected chi connectivity index (χ0v) is 17.8. The number of ketones is 1. The molecule has 1 aromatic carbocycles. The summed E-state index contributed by atoms with van der Waals surface area (Å²) in [5, 5.41) is 3.00. The molecule has 0 radical (unpaired) electrons. The van der Waals surface area contributed by atoms with Crippen LogP contribution in [0.4, 0.5) is 0 Å².